The molecule has 1 aliphatic carbocycles. The SMILES string of the molecule is Cc1nc(C(F)(F)F)ccc1CNCC1CCC(Nc2nc(N(C)C)c3ccccc3n2)CC1. The number of benzene rings is 1. The molecule has 1 aromatic carbocycles. The van der Waals surface area contributed by atoms with Crippen LogP contribution < -0.4 is 15.5 Å². The van der Waals surface area contributed by atoms with E-state index in [9.17, 15) is 13.2 Å². The Morgan fingerprint density at radius 2 is 1.71 bits per heavy atom. The van der Waals surface area contributed by atoms with Crippen LogP contribution in [0.25, 0.3) is 10.9 Å². The second kappa shape index (κ2) is 10.1. The minimum absolute atomic E-state index is 0.328. The first-order chi connectivity index (χ1) is 16.2. The van der Waals surface area contributed by atoms with E-state index in [1.54, 1.807) is 6.92 Å². The van der Waals surface area contributed by atoms with E-state index in [1.807, 2.05) is 43.3 Å². The molecule has 3 aromatic rings. The van der Waals surface area contributed by atoms with E-state index in [4.69, 9.17) is 9.97 Å². The molecule has 0 aliphatic heterocycles. The van der Waals surface area contributed by atoms with Crippen LogP contribution in [0.5, 0.6) is 0 Å². The fourth-order valence-corrected chi connectivity index (χ4v) is 4.50. The summed E-state index contributed by atoms with van der Waals surface area (Å²) in [6, 6.07) is 10.9. The number of rotatable bonds is 7. The van der Waals surface area contributed by atoms with E-state index >= 15 is 0 Å². The van der Waals surface area contributed by atoms with Gasteiger partial charge in [0.2, 0.25) is 5.95 Å². The first-order valence-corrected chi connectivity index (χ1v) is 11.7. The first kappa shape index (κ1) is 24.2. The van der Waals surface area contributed by atoms with Gasteiger partial charge in [-0.1, -0.05) is 18.2 Å². The number of nitrogens with zero attached hydrogens (tertiary/aromatic N) is 4. The predicted octanol–water partition coefficient (Wildman–Crippen LogP) is 5.18. The van der Waals surface area contributed by atoms with Crippen LogP contribution in [0, 0.1) is 12.8 Å². The second-order valence-electron chi connectivity index (χ2n) is 9.21. The van der Waals surface area contributed by atoms with Gasteiger partial charge in [0.25, 0.3) is 0 Å². The number of anilines is 2. The van der Waals surface area contributed by atoms with Gasteiger partial charge >= 0.3 is 6.18 Å². The molecule has 1 aliphatic rings. The van der Waals surface area contributed by atoms with Crippen molar-refractivity contribution in [2.24, 2.45) is 5.92 Å². The summed E-state index contributed by atoms with van der Waals surface area (Å²) in [5.74, 6) is 2.10. The normalized spacial score (nSPS) is 18.8. The summed E-state index contributed by atoms with van der Waals surface area (Å²) in [6.07, 6.45) is -0.206. The highest BCUT2D eigenvalue weighted by Crippen LogP contribution is 2.29. The van der Waals surface area contributed by atoms with Gasteiger partial charge in [0, 0.05) is 37.8 Å². The van der Waals surface area contributed by atoms with Crippen LogP contribution in [0.3, 0.4) is 0 Å². The Morgan fingerprint density at radius 1 is 0.971 bits per heavy atom. The molecule has 182 valence electrons. The lowest BCUT2D eigenvalue weighted by atomic mass is 9.86. The number of nitrogens with one attached hydrogen (secondary N) is 2. The van der Waals surface area contributed by atoms with Crippen molar-refractivity contribution in [2.75, 3.05) is 30.9 Å². The summed E-state index contributed by atoms with van der Waals surface area (Å²) in [7, 11) is 3.97. The summed E-state index contributed by atoms with van der Waals surface area (Å²) < 4.78 is 38.4. The summed E-state index contributed by atoms with van der Waals surface area (Å²) in [5, 5.41) is 7.96. The van der Waals surface area contributed by atoms with E-state index in [0.29, 0.717) is 30.1 Å². The minimum atomic E-state index is -4.41. The van der Waals surface area contributed by atoms with Gasteiger partial charge in [0.05, 0.1) is 5.52 Å². The molecule has 6 nitrogen and oxygen atoms in total. The first-order valence-electron chi connectivity index (χ1n) is 11.7. The summed E-state index contributed by atoms with van der Waals surface area (Å²) in [6.45, 7) is 2.98. The van der Waals surface area contributed by atoms with E-state index in [1.165, 1.54) is 6.07 Å². The number of aromatic nitrogens is 3. The fraction of sp³-hybridized carbons (Fsp3) is 0.480. The maximum absolute atomic E-state index is 12.8. The van der Waals surface area contributed by atoms with Crippen molar-refractivity contribution in [3.05, 3.63) is 53.3 Å². The monoisotopic (exact) mass is 472 g/mol. The molecule has 0 radical (unpaired) electrons. The van der Waals surface area contributed by atoms with Gasteiger partial charge < -0.3 is 15.5 Å². The fourth-order valence-electron chi connectivity index (χ4n) is 4.50. The largest absolute Gasteiger partial charge is 0.433 e. The molecule has 0 saturated heterocycles. The van der Waals surface area contributed by atoms with Crippen LogP contribution in [0.4, 0.5) is 24.9 Å². The Bertz CT molecular complexity index is 1120. The maximum Gasteiger partial charge on any atom is 0.433 e. The van der Waals surface area contributed by atoms with E-state index in [-0.39, 0.29) is 0 Å². The standard InChI is InChI=1S/C25H31F3N6/c1-16-18(10-13-22(30-16)25(26,27)28)15-29-14-17-8-11-19(12-9-17)31-24-32-21-7-5-4-6-20(21)23(33-24)34(2)3/h4-7,10,13,17,19,29H,8-9,11-12,14-15H2,1-3H3,(H,31,32,33). The lowest BCUT2D eigenvalue weighted by Crippen LogP contribution is -2.31. The molecule has 2 aromatic heterocycles. The lowest BCUT2D eigenvalue weighted by Gasteiger charge is -2.29. The van der Waals surface area contributed by atoms with Crippen molar-refractivity contribution >= 4 is 22.7 Å². The minimum Gasteiger partial charge on any atom is -0.362 e. The molecule has 0 unspecified atom stereocenters. The molecule has 34 heavy (non-hydrogen) atoms. The van der Waals surface area contributed by atoms with Crippen molar-refractivity contribution in [3.63, 3.8) is 0 Å². The average molecular weight is 473 g/mol. The van der Waals surface area contributed by atoms with Gasteiger partial charge in [-0.25, -0.2) is 9.97 Å². The van der Waals surface area contributed by atoms with Crippen LogP contribution >= 0.6 is 0 Å². The van der Waals surface area contributed by atoms with Gasteiger partial charge in [-0.05, 0) is 68.8 Å². The number of halogens is 3. The Hall–Kier alpha value is -2.94. The van der Waals surface area contributed by atoms with E-state index < -0.39 is 11.9 Å². The molecule has 1 saturated carbocycles. The summed E-state index contributed by atoms with van der Waals surface area (Å²) in [5.41, 5.74) is 1.30. The number of pyridine rings is 1. The van der Waals surface area contributed by atoms with Gasteiger partial charge in [-0.15, -0.1) is 0 Å². The third-order valence-corrected chi connectivity index (χ3v) is 6.42. The number of hydrogen-bond donors (Lipinski definition) is 2. The van der Waals surface area contributed by atoms with Crippen LogP contribution in [0.2, 0.25) is 0 Å². The van der Waals surface area contributed by atoms with Crippen molar-refractivity contribution in [2.45, 2.75) is 51.4 Å². The number of hydrogen-bond acceptors (Lipinski definition) is 6. The Kier molecular flexibility index (Phi) is 7.21. The number of fused-ring (bicyclic) bond motifs is 1. The smallest absolute Gasteiger partial charge is 0.362 e. The lowest BCUT2D eigenvalue weighted by molar-refractivity contribution is -0.141. The Balaban J connectivity index is 1.27. The highest BCUT2D eigenvalue weighted by atomic mass is 19.4. The zero-order chi connectivity index (χ0) is 24.3. The van der Waals surface area contributed by atoms with Crippen molar-refractivity contribution in [3.8, 4) is 0 Å². The van der Waals surface area contributed by atoms with Gasteiger partial charge in [-0.3, -0.25) is 0 Å². The number of para-hydroxylation sites is 1. The average Bonchev–Trinajstić information content (AvgIpc) is 2.80. The summed E-state index contributed by atoms with van der Waals surface area (Å²) >= 11 is 0. The van der Waals surface area contributed by atoms with E-state index in [2.05, 4.69) is 15.6 Å². The maximum atomic E-state index is 12.8. The summed E-state index contributed by atoms with van der Waals surface area (Å²) in [4.78, 5) is 15.2. The van der Waals surface area contributed by atoms with Gasteiger partial charge in [-0.2, -0.15) is 18.2 Å². The highest BCUT2D eigenvalue weighted by molar-refractivity contribution is 5.90. The zero-order valence-corrected chi connectivity index (χ0v) is 19.8. The quantitative estimate of drug-likeness (QED) is 0.494. The second-order valence-corrected chi connectivity index (χ2v) is 9.21. The molecular weight excluding hydrogens is 441 g/mol. The molecule has 0 atom stereocenters. The van der Waals surface area contributed by atoms with Gasteiger partial charge in [0.15, 0.2) is 0 Å². The molecule has 1 fully saturated rings. The zero-order valence-electron chi connectivity index (χ0n) is 19.8. The molecule has 0 amide bonds. The predicted molar refractivity (Wildman–Crippen MR) is 129 cm³/mol. The molecule has 9 heteroatoms. The van der Waals surface area contributed by atoms with Crippen molar-refractivity contribution in [1.29, 1.82) is 0 Å². The third kappa shape index (κ3) is 5.75. The third-order valence-electron chi connectivity index (χ3n) is 6.42. The molecule has 2 heterocycles. The molecule has 4 rings (SSSR count). The van der Waals surface area contributed by atoms with Crippen molar-refractivity contribution in [1.82, 2.24) is 20.3 Å². The van der Waals surface area contributed by atoms with E-state index in [0.717, 1.165) is 60.6 Å². The Labute approximate surface area is 198 Å². The van der Waals surface area contributed by atoms with Crippen LogP contribution in [-0.2, 0) is 12.7 Å². The topological polar surface area (TPSA) is 66.0 Å². The van der Waals surface area contributed by atoms with Crippen LogP contribution in [0.1, 0.15) is 42.6 Å². The molecular formula is C25H31F3N6. The number of aryl methyl sites for hydroxylation is 1. The Morgan fingerprint density at radius 3 is 2.38 bits per heavy atom. The molecule has 0 spiro atoms. The molecule has 2 N–H and O–H groups in total. The highest BCUT2D eigenvalue weighted by Gasteiger charge is 2.32. The number of alkyl halides is 3. The van der Waals surface area contributed by atoms with Gasteiger partial charge in [0.1, 0.15) is 11.5 Å². The van der Waals surface area contributed by atoms with Crippen molar-refractivity contribution < 1.29 is 13.2 Å². The van der Waals surface area contributed by atoms with Crippen LogP contribution in [-0.4, -0.2) is 41.6 Å². The van der Waals surface area contributed by atoms with Crippen LogP contribution in [0.15, 0.2) is 36.4 Å². The molecule has 0 bridgehead atoms.